The Balaban J connectivity index is 1.67. The largest absolute Gasteiger partial charge is 0.469 e. The van der Waals surface area contributed by atoms with Crippen LogP contribution in [0.15, 0.2) is 36.5 Å². The Kier molecular flexibility index (Phi) is 6.95. The summed E-state index contributed by atoms with van der Waals surface area (Å²) in [6.07, 6.45) is 4.65. The van der Waals surface area contributed by atoms with Gasteiger partial charge in [-0.05, 0) is 69.6 Å². The predicted molar refractivity (Wildman–Crippen MR) is 116 cm³/mol. The molecule has 162 valence electrons. The zero-order chi connectivity index (χ0) is 21.7. The van der Waals surface area contributed by atoms with Crippen LogP contribution in [0.3, 0.4) is 0 Å². The molecule has 0 saturated carbocycles. The number of nitrogens with zero attached hydrogens (tertiary/aromatic N) is 2. The lowest BCUT2D eigenvalue weighted by Gasteiger charge is -2.34. The van der Waals surface area contributed by atoms with Gasteiger partial charge in [0.2, 0.25) is 0 Å². The molecule has 3 rings (SSSR count). The summed E-state index contributed by atoms with van der Waals surface area (Å²) >= 11 is 0. The molecule has 1 unspecified atom stereocenters. The van der Waals surface area contributed by atoms with Crippen LogP contribution in [0.5, 0.6) is 0 Å². The van der Waals surface area contributed by atoms with E-state index < -0.39 is 5.60 Å². The molecule has 2 aromatic rings. The molecule has 1 aliphatic heterocycles. The maximum atomic E-state index is 12.3. The number of carbonyl (C=O) groups excluding carboxylic acids is 2. The molecule has 0 radical (unpaired) electrons. The number of amides is 1. The van der Waals surface area contributed by atoms with Crippen LogP contribution < -0.4 is 0 Å². The summed E-state index contributed by atoms with van der Waals surface area (Å²) < 4.78 is 10.4. The highest BCUT2D eigenvalue weighted by atomic mass is 16.6. The standard InChI is InChI=1S/C24H32N2O4/c1-24(2,3)30-23(28)26-11-9-17(10-12-26)13-19(15-22(27)29-4)20-14-18-7-5-6-8-21(18)25-16-20/h5-8,14,16-17,19H,9-13,15H2,1-4H3. The average molecular weight is 413 g/mol. The Morgan fingerprint density at radius 3 is 2.57 bits per heavy atom. The maximum Gasteiger partial charge on any atom is 0.410 e. The number of aromatic nitrogens is 1. The number of esters is 1. The highest BCUT2D eigenvalue weighted by molar-refractivity contribution is 5.79. The molecule has 1 aromatic heterocycles. The molecule has 1 amide bonds. The number of hydrogen-bond donors (Lipinski definition) is 0. The summed E-state index contributed by atoms with van der Waals surface area (Å²) in [6, 6.07) is 10.1. The Morgan fingerprint density at radius 2 is 1.90 bits per heavy atom. The third-order valence-corrected chi connectivity index (χ3v) is 5.61. The van der Waals surface area contributed by atoms with Gasteiger partial charge in [-0.1, -0.05) is 18.2 Å². The van der Waals surface area contributed by atoms with E-state index in [1.54, 1.807) is 4.90 Å². The van der Waals surface area contributed by atoms with Crippen molar-refractivity contribution in [2.24, 2.45) is 5.92 Å². The van der Waals surface area contributed by atoms with Crippen molar-refractivity contribution in [2.75, 3.05) is 20.2 Å². The third kappa shape index (κ3) is 5.94. The van der Waals surface area contributed by atoms with E-state index in [9.17, 15) is 9.59 Å². The molecule has 0 aliphatic carbocycles. The molecular weight excluding hydrogens is 380 g/mol. The van der Waals surface area contributed by atoms with Crippen LogP contribution >= 0.6 is 0 Å². The first-order valence-electron chi connectivity index (χ1n) is 10.6. The number of para-hydroxylation sites is 1. The SMILES string of the molecule is COC(=O)CC(CC1CCN(C(=O)OC(C)(C)C)CC1)c1cnc2ccccc2c1. The van der Waals surface area contributed by atoms with Crippen LogP contribution in [0.4, 0.5) is 4.79 Å². The monoisotopic (exact) mass is 412 g/mol. The van der Waals surface area contributed by atoms with Gasteiger partial charge in [-0.2, -0.15) is 0 Å². The quantitative estimate of drug-likeness (QED) is 0.652. The number of likely N-dealkylation sites (tertiary alicyclic amines) is 1. The van der Waals surface area contributed by atoms with Gasteiger partial charge in [0.15, 0.2) is 0 Å². The summed E-state index contributed by atoms with van der Waals surface area (Å²) in [5, 5.41) is 1.07. The number of methoxy groups -OCH3 is 1. The first-order chi connectivity index (χ1) is 14.2. The lowest BCUT2D eigenvalue weighted by Crippen LogP contribution is -2.41. The molecule has 0 bridgehead atoms. The van der Waals surface area contributed by atoms with Crippen LogP contribution in [0.1, 0.15) is 57.9 Å². The molecule has 2 heterocycles. The van der Waals surface area contributed by atoms with Crippen molar-refractivity contribution in [2.45, 2.75) is 58.0 Å². The molecule has 30 heavy (non-hydrogen) atoms. The number of piperidine rings is 1. The molecular formula is C24H32N2O4. The fourth-order valence-corrected chi connectivity index (χ4v) is 4.01. The van der Waals surface area contributed by atoms with E-state index in [1.807, 2.05) is 51.2 Å². The molecule has 1 aromatic carbocycles. The van der Waals surface area contributed by atoms with Gasteiger partial charge >= 0.3 is 12.1 Å². The number of benzene rings is 1. The second kappa shape index (κ2) is 9.45. The van der Waals surface area contributed by atoms with Crippen molar-refractivity contribution in [1.82, 2.24) is 9.88 Å². The normalized spacial score (nSPS) is 16.3. The fraction of sp³-hybridized carbons (Fsp3) is 0.542. The van der Waals surface area contributed by atoms with Gasteiger partial charge in [0.05, 0.1) is 19.0 Å². The number of hydrogen-bond acceptors (Lipinski definition) is 5. The van der Waals surface area contributed by atoms with Crippen molar-refractivity contribution in [3.8, 4) is 0 Å². The minimum absolute atomic E-state index is 0.0487. The fourth-order valence-electron chi connectivity index (χ4n) is 4.01. The smallest absolute Gasteiger partial charge is 0.410 e. The minimum atomic E-state index is -0.484. The van der Waals surface area contributed by atoms with E-state index in [0.29, 0.717) is 25.4 Å². The van der Waals surface area contributed by atoms with E-state index in [0.717, 1.165) is 35.7 Å². The van der Waals surface area contributed by atoms with Gasteiger partial charge in [0, 0.05) is 24.7 Å². The van der Waals surface area contributed by atoms with Crippen LogP contribution in [0, 0.1) is 5.92 Å². The molecule has 1 saturated heterocycles. The van der Waals surface area contributed by atoms with Gasteiger partial charge in [0.25, 0.3) is 0 Å². The van der Waals surface area contributed by atoms with Crippen LogP contribution in [-0.4, -0.2) is 47.7 Å². The number of ether oxygens (including phenoxy) is 2. The highest BCUT2D eigenvalue weighted by Gasteiger charge is 2.29. The summed E-state index contributed by atoms with van der Waals surface area (Å²) in [4.78, 5) is 30.7. The molecule has 0 spiro atoms. The zero-order valence-corrected chi connectivity index (χ0v) is 18.4. The van der Waals surface area contributed by atoms with E-state index in [-0.39, 0.29) is 18.0 Å². The second-order valence-electron chi connectivity index (χ2n) is 9.09. The Labute approximate surface area is 178 Å². The van der Waals surface area contributed by atoms with Crippen molar-refractivity contribution in [3.05, 3.63) is 42.1 Å². The summed E-state index contributed by atoms with van der Waals surface area (Å²) in [7, 11) is 1.43. The van der Waals surface area contributed by atoms with E-state index in [1.165, 1.54) is 7.11 Å². The first-order valence-corrected chi connectivity index (χ1v) is 10.6. The number of fused-ring (bicyclic) bond motifs is 1. The van der Waals surface area contributed by atoms with Crippen LogP contribution in [0.25, 0.3) is 10.9 Å². The van der Waals surface area contributed by atoms with Crippen LogP contribution in [0.2, 0.25) is 0 Å². The molecule has 6 heteroatoms. The van der Waals surface area contributed by atoms with Crippen molar-refractivity contribution >= 4 is 23.0 Å². The second-order valence-corrected chi connectivity index (χ2v) is 9.09. The van der Waals surface area contributed by atoms with Gasteiger partial charge in [-0.15, -0.1) is 0 Å². The number of rotatable bonds is 5. The van der Waals surface area contributed by atoms with E-state index in [2.05, 4.69) is 11.1 Å². The number of pyridine rings is 1. The summed E-state index contributed by atoms with van der Waals surface area (Å²) in [5.41, 5.74) is 1.53. The van der Waals surface area contributed by atoms with Crippen LogP contribution in [-0.2, 0) is 14.3 Å². The van der Waals surface area contributed by atoms with E-state index >= 15 is 0 Å². The van der Waals surface area contributed by atoms with E-state index in [4.69, 9.17) is 9.47 Å². The van der Waals surface area contributed by atoms with Crippen molar-refractivity contribution < 1.29 is 19.1 Å². The van der Waals surface area contributed by atoms with Crippen molar-refractivity contribution in [1.29, 1.82) is 0 Å². The minimum Gasteiger partial charge on any atom is -0.469 e. The molecule has 1 fully saturated rings. The van der Waals surface area contributed by atoms with Gasteiger partial charge in [-0.25, -0.2) is 4.79 Å². The maximum absolute atomic E-state index is 12.3. The van der Waals surface area contributed by atoms with Crippen molar-refractivity contribution in [3.63, 3.8) is 0 Å². The summed E-state index contributed by atoms with van der Waals surface area (Å²) in [6.45, 7) is 7.01. The van der Waals surface area contributed by atoms with Gasteiger partial charge in [-0.3, -0.25) is 9.78 Å². The highest BCUT2D eigenvalue weighted by Crippen LogP contribution is 2.33. The average Bonchev–Trinajstić information content (AvgIpc) is 2.72. The topological polar surface area (TPSA) is 68.7 Å². The molecule has 6 nitrogen and oxygen atoms in total. The molecule has 1 atom stereocenters. The number of carbonyl (C=O) groups is 2. The first kappa shape index (κ1) is 22.1. The summed E-state index contributed by atoms with van der Waals surface area (Å²) in [5.74, 6) is 0.275. The zero-order valence-electron chi connectivity index (χ0n) is 18.4. The van der Waals surface area contributed by atoms with Gasteiger partial charge < -0.3 is 14.4 Å². The Hall–Kier alpha value is -2.63. The lowest BCUT2D eigenvalue weighted by atomic mass is 9.82. The molecule has 1 aliphatic rings. The lowest BCUT2D eigenvalue weighted by molar-refractivity contribution is -0.141. The Morgan fingerprint density at radius 1 is 1.20 bits per heavy atom. The van der Waals surface area contributed by atoms with Gasteiger partial charge in [0.1, 0.15) is 5.60 Å². The molecule has 0 N–H and O–H groups in total. The third-order valence-electron chi connectivity index (χ3n) is 5.61. The Bertz CT molecular complexity index is 882. The predicted octanol–water partition coefficient (Wildman–Crippen LogP) is 4.92.